The second-order valence-corrected chi connectivity index (χ2v) is 7.21. The summed E-state index contributed by atoms with van der Waals surface area (Å²) in [5, 5.41) is 0. The predicted octanol–water partition coefficient (Wildman–Crippen LogP) is 2.27. The molecule has 28 heavy (non-hydrogen) atoms. The number of carbonyl (C=O) groups is 1. The van der Waals surface area contributed by atoms with Crippen molar-refractivity contribution in [1.29, 1.82) is 0 Å². The van der Waals surface area contributed by atoms with Gasteiger partial charge in [0.05, 0.1) is 26.4 Å². The highest BCUT2D eigenvalue weighted by Crippen LogP contribution is 2.45. The normalized spacial score (nSPS) is 17.9. The zero-order chi connectivity index (χ0) is 19.7. The monoisotopic (exact) mass is 383 g/mol. The van der Waals surface area contributed by atoms with Crippen molar-refractivity contribution >= 4 is 11.7 Å². The van der Waals surface area contributed by atoms with E-state index in [4.69, 9.17) is 19.9 Å². The first kappa shape index (κ1) is 18.6. The highest BCUT2D eigenvalue weighted by atomic mass is 16.5. The van der Waals surface area contributed by atoms with E-state index in [2.05, 4.69) is 22.0 Å². The molecule has 0 aliphatic carbocycles. The first-order chi connectivity index (χ1) is 13.6. The maximum atomic E-state index is 11.5. The Morgan fingerprint density at radius 2 is 1.89 bits per heavy atom. The number of primary amides is 1. The third kappa shape index (κ3) is 3.16. The van der Waals surface area contributed by atoms with Crippen LogP contribution in [0.2, 0.25) is 0 Å². The third-order valence-electron chi connectivity index (χ3n) is 5.78. The van der Waals surface area contributed by atoms with Crippen LogP contribution in [0, 0.1) is 0 Å². The molecule has 1 amide bonds. The summed E-state index contributed by atoms with van der Waals surface area (Å²) in [5.74, 6) is 1.81. The van der Waals surface area contributed by atoms with Gasteiger partial charge in [-0.25, -0.2) is 4.98 Å². The molecule has 0 radical (unpaired) electrons. The smallest absolute Gasteiger partial charge is 0.248 e. The van der Waals surface area contributed by atoms with Crippen molar-refractivity contribution < 1.29 is 19.0 Å². The molecule has 0 atom stereocenters. The number of ether oxygens (including phenoxy) is 3. The first-order valence-corrected chi connectivity index (χ1v) is 9.46. The zero-order valence-electron chi connectivity index (χ0n) is 16.2. The number of benzene rings is 1. The summed E-state index contributed by atoms with van der Waals surface area (Å²) in [7, 11) is 3.31. The molecule has 2 N–H and O–H groups in total. The van der Waals surface area contributed by atoms with Gasteiger partial charge in [0.25, 0.3) is 0 Å². The first-order valence-electron chi connectivity index (χ1n) is 9.46. The van der Waals surface area contributed by atoms with Gasteiger partial charge in [-0.05, 0) is 54.7 Å². The summed E-state index contributed by atoms with van der Waals surface area (Å²) in [4.78, 5) is 18.1. The average molecular weight is 383 g/mol. The van der Waals surface area contributed by atoms with Crippen LogP contribution in [0.15, 0.2) is 30.5 Å². The van der Waals surface area contributed by atoms with Crippen molar-refractivity contribution in [3.8, 4) is 11.5 Å². The minimum atomic E-state index is -0.442. The van der Waals surface area contributed by atoms with Crippen molar-refractivity contribution in [1.82, 2.24) is 4.98 Å². The molecule has 0 saturated carbocycles. The van der Waals surface area contributed by atoms with Gasteiger partial charge in [0.15, 0.2) is 11.5 Å². The lowest BCUT2D eigenvalue weighted by Crippen LogP contribution is -2.47. The van der Waals surface area contributed by atoms with E-state index in [0.717, 1.165) is 49.7 Å². The summed E-state index contributed by atoms with van der Waals surface area (Å²) in [6, 6.07) is 7.53. The Morgan fingerprint density at radius 3 is 2.57 bits per heavy atom. The van der Waals surface area contributed by atoms with Crippen LogP contribution in [0.5, 0.6) is 11.5 Å². The fraction of sp³-hybridized carbons (Fsp3) is 0.429. The van der Waals surface area contributed by atoms with Crippen molar-refractivity contribution in [2.75, 3.05) is 38.8 Å². The number of anilines is 1. The van der Waals surface area contributed by atoms with Gasteiger partial charge in [0.1, 0.15) is 5.82 Å². The van der Waals surface area contributed by atoms with Crippen molar-refractivity contribution in [3.63, 3.8) is 0 Å². The molecule has 4 rings (SSSR count). The number of hydrogen-bond acceptors (Lipinski definition) is 6. The standard InChI is InChI=1S/C21H25N3O4/c1-26-17-11-14-4-10-28-21(16(14)13-18(17)27-2)5-8-24(9-6-21)19-12-15(20(22)25)3-7-23-19/h3,7,11-13H,4-6,8-10H2,1-2H3,(H2,22,25). The number of carbonyl (C=O) groups excluding carboxylic acids is 1. The number of pyridine rings is 1. The van der Waals surface area contributed by atoms with E-state index in [9.17, 15) is 4.79 Å². The lowest BCUT2D eigenvalue weighted by molar-refractivity contribution is -0.0768. The molecule has 0 bridgehead atoms. The van der Waals surface area contributed by atoms with Crippen LogP contribution in [-0.4, -0.2) is 44.8 Å². The molecule has 7 heteroatoms. The second kappa shape index (κ2) is 7.31. The Balaban J connectivity index is 1.60. The van der Waals surface area contributed by atoms with E-state index in [0.29, 0.717) is 12.2 Å². The molecule has 0 unspecified atom stereocenters. The summed E-state index contributed by atoms with van der Waals surface area (Å²) >= 11 is 0. The highest BCUT2D eigenvalue weighted by molar-refractivity contribution is 5.93. The van der Waals surface area contributed by atoms with Crippen molar-refractivity contribution in [2.24, 2.45) is 5.73 Å². The molecule has 2 aliphatic rings. The van der Waals surface area contributed by atoms with Gasteiger partial charge in [0, 0.05) is 24.8 Å². The van der Waals surface area contributed by atoms with E-state index >= 15 is 0 Å². The quantitative estimate of drug-likeness (QED) is 0.872. The number of amides is 1. The number of aromatic nitrogens is 1. The van der Waals surface area contributed by atoms with Crippen LogP contribution in [0.4, 0.5) is 5.82 Å². The lowest BCUT2D eigenvalue weighted by atomic mass is 9.79. The Hall–Kier alpha value is -2.80. The van der Waals surface area contributed by atoms with Crippen LogP contribution in [0.25, 0.3) is 0 Å². The molecule has 1 aromatic heterocycles. The average Bonchev–Trinajstić information content (AvgIpc) is 2.73. The van der Waals surface area contributed by atoms with Gasteiger partial charge in [0.2, 0.25) is 5.91 Å². The molecule has 2 aliphatic heterocycles. The van der Waals surface area contributed by atoms with Gasteiger partial charge < -0.3 is 24.8 Å². The second-order valence-electron chi connectivity index (χ2n) is 7.21. The number of rotatable bonds is 4. The van der Waals surface area contributed by atoms with Crippen molar-refractivity contribution in [3.05, 3.63) is 47.2 Å². The largest absolute Gasteiger partial charge is 0.493 e. The van der Waals surface area contributed by atoms with E-state index in [1.165, 1.54) is 11.1 Å². The predicted molar refractivity (Wildman–Crippen MR) is 105 cm³/mol. The molecule has 1 saturated heterocycles. The minimum absolute atomic E-state index is 0.328. The van der Waals surface area contributed by atoms with Crippen LogP contribution in [0.1, 0.15) is 34.3 Å². The molecule has 3 heterocycles. The third-order valence-corrected chi connectivity index (χ3v) is 5.78. The lowest BCUT2D eigenvalue weighted by Gasteiger charge is -2.45. The number of methoxy groups -OCH3 is 2. The van der Waals surface area contributed by atoms with Gasteiger partial charge in [-0.15, -0.1) is 0 Å². The highest BCUT2D eigenvalue weighted by Gasteiger charge is 2.41. The summed E-state index contributed by atoms with van der Waals surface area (Å²) in [6.45, 7) is 2.25. The van der Waals surface area contributed by atoms with E-state index in [1.807, 2.05) is 0 Å². The molecular formula is C21H25N3O4. The van der Waals surface area contributed by atoms with Crippen LogP contribution < -0.4 is 20.1 Å². The van der Waals surface area contributed by atoms with Crippen LogP contribution in [-0.2, 0) is 16.8 Å². The topological polar surface area (TPSA) is 86.9 Å². The maximum absolute atomic E-state index is 11.5. The zero-order valence-corrected chi connectivity index (χ0v) is 16.2. The fourth-order valence-corrected chi connectivity index (χ4v) is 4.24. The molecule has 1 spiro atoms. The molecule has 2 aromatic rings. The number of nitrogens with zero attached hydrogens (tertiary/aromatic N) is 2. The molecule has 7 nitrogen and oxygen atoms in total. The van der Waals surface area contributed by atoms with Gasteiger partial charge in [-0.3, -0.25) is 4.79 Å². The Kier molecular flexibility index (Phi) is 4.85. The van der Waals surface area contributed by atoms with Gasteiger partial charge >= 0.3 is 0 Å². The maximum Gasteiger partial charge on any atom is 0.248 e. The van der Waals surface area contributed by atoms with Crippen molar-refractivity contribution in [2.45, 2.75) is 24.9 Å². The molecule has 148 valence electrons. The fourth-order valence-electron chi connectivity index (χ4n) is 4.24. The van der Waals surface area contributed by atoms with Gasteiger partial charge in [-0.2, -0.15) is 0 Å². The number of piperidine rings is 1. The summed E-state index contributed by atoms with van der Waals surface area (Å²) < 4.78 is 17.3. The molecule has 1 fully saturated rings. The number of nitrogens with two attached hydrogens (primary N) is 1. The Bertz CT molecular complexity index is 891. The Morgan fingerprint density at radius 1 is 1.18 bits per heavy atom. The number of hydrogen-bond donors (Lipinski definition) is 1. The summed E-state index contributed by atoms with van der Waals surface area (Å²) in [6.07, 6.45) is 4.16. The van der Waals surface area contributed by atoms with E-state index in [1.54, 1.807) is 32.5 Å². The van der Waals surface area contributed by atoms with E-state index < -0.39 is 5.91 Å². The molecule has 1 aromatic carbocycles. The summed E-state index contributed by atoms with van der Waals surface area (Å²) in [5.41, 5.74) is 7.99. The van der Waals surface area contributed by atoms with Crippen LogP contribution in [0.3, 0.4) is 0 Å². The SMILES string of the molecule is COc1cc2c(cc1OC)C1(CCN(c3cc(C(N)=O)ccn3)CC1)OCC2. The van der Waals surface area contributed by atoms with E-state index in [-0.39, 0.29) is 5.60 Å². The van der Waals surface area contributed by atoms with Gasteiger partial charge in [-0.1, -0.05) is 0 Å². The Labute approximate surface area is 164 Å². The molecular weight excluding hydrogens is 358 g/mol. The minimum Gasteiger partial charge on any atom is -0.493 e. The number of fused-ring (bicyclic) bond motifs is 2. The van der Waals surface area contributed by atoms with Crippen LogP contribution >= 0.6 is 0 Å².